The van der Waals surface area contributed by atoms with Crippen LogP contribution in [0.2, 0.25) is 0 Å². The molecule has 0 radical (unpaired) electrons. The molecular weight excluding hydrogens is 477 g/mol. The molecule has 8 nitrogen and oxygen atoms in total. The van der Waals surface area contributed by atoms with Crippen molar-refractivity contribution in [2.45, 2.75) is 37.4 Å². The standard InChI is InChI=1S/C22H25F3N2O6S/c1-21(2)12-27(9-8-19(21)28)16-6-5-14(22(23,24)25)11-15(16)26-34(31,32)18-10-13(20(29)30)4-7-17(18)33-3/h4-7,10-11,19,26,28H,8-9,12H2,1-3H3,(H,29,30). The van der Waals surface area contributed by atoms with E-state index in [1.807, 2.05) is 0 Å². The average molecular weight is 503 g/mol. The van der Waals surface area contributed by atoms with E-state index in [-0.39, 0.29) is 29.2 Å². The van der Waals surface area contributed by atoms with Crippen LogP contribution >= 0.6 is 0 Å². The van der Waals surface area contributed by atoms with Crippen molar-refractivity contribution in [3.8, 4) is 5.75 Å². The minimum absolute atomic E-state index is 0.173. The highest BCUT2D eigenvalue weighted by Crippen LogP contribution is 2.40. The molecule has 2 aromatic rings. The number of aliphatic hydroxyl groups excluding tert-OH is 1. The first-order chi connectivity index (χ1) is 15.7. The Morgan fingerprint density at radius 2 is 1.88 bits per heavy atom. The van der Waals surface area contributed by atoms with Gasteiger partial charge in [-0.05, 0) is 42.8 Å². The minimum atomic E-state index is -4.73. The number of ether oxygens (including phenoxy) is 1. The van der Waals surface area contributed by atoms with E-state index in [0.717, 1.165) is 24.3 Å². The van der Waals surface area contributed by atoms with Crippen LogP contribution < -0.4 is 14.4 Å². The number of carboxylic acid groups (broad SMARTS) is 1. The van der Waals surface area contributed by atoms with Crippen molar-refractivity contribution in [3.05, 3.63) is 47.5 Å². The van der Waals surface area contributed by atoms with E-state index in [2.05, 4.69) is 4.72 Å². The number of piperidine rings is 1. The Morgan fingerprint density at radius 1 is 1.21 bits per heavy atom. The van der Waals surface area contributed by atoms with Gasteiger partial charge in [-0.3, -0.25) is 4.72 Å². The normalized spacial score (nSPS) is 18.4. The van der Waals surface area contributed by atoms with Gasteiger partial charge in [-0.25, -0.2) is 13.2 Å². The van der Waals surface area contributed by atoms with Crippen LogP contribution in [0.1, 0.15) is 36.2 Å². The van der Waals surface area contributed by atoms with E-state index >= 15 is 0 Å². The van der Waals surface area contributed by atoms with Crippen molar-refractivity contribution in [2.75, 3.05) is 29.8 Å². The molecule has 2 aromatic carbocycles. The van der Waals surface area contributed by atoms with Crippen LogP contribution in [0.25, 0.3) is 0 Å². The fourth-order valence-electron chi connectivity index (χ4n) is 3.84. The number of sulfonamides is 1. The summed E-state index contributed by atoms with van der Waals surface area (Å²) in [6, 6.07) is 5.91. The first kappa shape index (κ1) is 25.6. The highest BCUT2D eigenvalue weighted by atomic mass is 32.2. The molecule has 0 aromatic heterocycles. The second-order valence-corrected chi connectivity index (χ2v) is 10.4. The van der Waals surface area contributed by atoms with Gasteiger partial charge in [0.25, 0.3) is 10.0 Å². The van der Waals surface area contributed by atoms with Gasteiger partial charge in [-0.1, -0.05) is 13.8 Å². The zero-order chi connectivity index (χ0) is 25.5. The zero-order valence-electron chi connectivity index (χ0n) is 18.7. The number of carbonyl (C=O) groups is 1. The van der Waals surface area contributed by atoms with Crippen molar-refractivity contribution in [2.24, 2.45) is 5.41 Å². The van der Waals surface area contributed by atoms with E-state index in [1.165, 1.54) is 13.2 Å². The van der Waals surface area contributed by atoms with Crippen LogP contribution in [0, 0.1) is 5.41 Å². The minimum Gasteiger partial charge on any atom is -0.495 e. The smallest absolute Gasteiger partial charge is 0.416 e. The molecule has 1 saturated heterocycles. The SMILES string of the molecule is COc1ccc(C(=O)O)cc1S(=O)(=O)Nc1cc(C(F)(F)F)ccc1N1CCC(O)C(C)(C)C1. The predicted molar refractivity (Wildman–Crippen MR) is 119 cm³/mol. The summed E-state index contributed by atoms with van der Waals surface area (Å²) < 4.78 is 73.9. The van der Waals surface area contributed by atoms with E-state index in [9.17, 15) is 36.6 Å². The fourth-order valence-corrected chi connectivity index (χ4v) is 5.10. The molecule has 1 heterocycles. The lowest BCUT2D eigenvalue weighted by Crippen LogP contribution is -2.48. The molecule has 3 N–H and O–H groups in total. The fraction of sp³-hybridized carbons (Fsp3) is 0.409. The van der Waals surface area contributed by atoms with Crippen molar-refractivity contribution >= 4 is 27.4 Å². The lowest BCUT2D eigenvalue weighted by atomic mass is 9.81. The number of benzene rings is 2. The Kier molecular flexibility index (Phi) is 6.78. The third-order valence-corrected chi connectivity index (χ3v) is 7.17. The Hall–Kier alpha value is -2.99. The number of aromatic carboxylic acids is 1. The van der Waals surface area contributed by atoms with Crippen LogP contribution in [0.4, 0.5) is 24.5 Å². The topological polar surface area (TPSA) is 116 Å². The van der Waals surface area contributed by atoms with Gasteiger partial charge in [0.05, 0.1) is 35.7 Å². The number of halogens is 3. The zero-order valence-corrected chi connectivity index (χ0v) is 19.5. The van der Waals surface area contributed by atoms with Gasteiger partial charge in [-0.2, -0.15) is 13.2 Å². The van der Waals surface area contributed by atoms with Crippen molar-refractivity contribution in [1.29, 1.82) is 0 Å². The van der Waals surface area contributed by atoms with Gasteiger partial charge < -0.3 is 19.8 Å². The number of anilines is 2. The number of alkyl halides is 3. The molecule has 12 heteroatoms. The van der Waals surface area contributed by atoms with Crippen LogP contribution in [-0.4, -0.2) is 50.9 Å². The van der Waals surface area contributed by atoms with Crippen LogP contribution in [0.5, 0.6) is 5.75 Å². The summed E-state index contributed by atoms with van der Waals surface area (Å²) in [5.41, 5.74) is -2.11. The highest BCUT2D eigenvalue weighted by molar-refractivity contribution is 7.92. The van der Waals surface area contributed by atoms with Crippen LogP contribution in [-0.2, 0) is 16.2 Å². The number of aliphatic hydroxyl groups is 1. The monoisotopic (exact) mass is 502 g/mol. The lowest BCUT2D eigenvalue weighted by molar-refractivity contribution is -0.137. The maximum atomic E-state index is 13.4. The molecule has 34 heavy (non-hydrogen) atoms. The quantitative estimate of drug-likeness (QED) is 0.550. The molecule has 1 unspecified atom stereocenters. The summed E-state index contributed by atoms with van der Waals surface area (Å²) in [6.07, 6.45) is -5.01. The highest BCUT2D eigenvalue weighted by Gasteiger charge is 2.37. The van der Waals surface area contributed by atoms with Gasteiger partial charge in [0.1, 0.15) is 10.6 Å². The Balaban J connectivity index is 2.11. The number of hydrogen-bond donors (Lipinski definition) is 3. The number of methoxy groups -OCH3 is 1. The molecular formula is C22H25F3N2O6S. The molecule has 0 saturated carbocycles. The predicted octanol–water partition coefficient (Wildman–Crippen LogP) is 3.81. The van der Waals surface area contributed by atoms with Crippen LogP contribution in [0.15, 0.2) is 41.3 Å². The van der Waals surface area contributed by atoms with Crippen molar-refractivity contribution in [1.82, 2.24) is 0 Å². The molecule has 1 aliphatic heterocycles. The Morgan fingerprint density at radius 3 is 2.44 bits per heavy atom. The third-order valence-electron chi connectivity index (χ3n) is 5.78. The number of nitrogens with zero attached hydrogens (tertiary/aromatic N) is 1. The molecule has 0 aliphatic carbocycles. The Bertz CT molecular complexity index is 1200. The maximum absolute atomic E-state index is 13.4. The maximum Gasteiger partial charge on any atom is 0.416 e. The summed E-state index contributed by atoms with van der Waals surface area (Å²) in [6.45, 7) is 4.18. The summed E-state index contributed by atoms with van der Waals surface area (Å²) in [4.78, 5) is 12.5. The Labute approximate surface area is 195 Å². The number of carboxylic acids is 1. The summed E-state index contributed by atoms with van der Waals surface area (Å²) in [5, 5.41) is 19.5. The van der Waals surface area contributed by atoms with E-state index < -0.39 is 44.1 Å². The van der Waals surface area contributed by atoms with Gasteiger partial charge in [-0.15, -0.1) is 0 Å². The first-order valence-electron chi connectivity index (χ1n) is 10.2. The molecule has 1 fully saturated rings. The second kappa shape index (κ2) is 8.99. The van der Waals surface area contributed by atoms with Gasteiger partial charge in [0.2, 0.25) is 0 Å². The average Bonchev–Trinajstić information content (AvgIpc) is 2.74. The van der Waals surface area contributed by atoms with Gasteiger partial charge >= 0.3 is 12.1 Å². The molecule has 0 amide bonds. The van der Waals surface area contributed by atoms with Crippen LogP contribution in [0.3, 0.4) is 0 Å². The van der Waals surface area contributed by atoms with Crippen molar-refractivity contribution in [3.63, 3.8) is 0 Å². The second-order valence-electron chi connectivity index (χ2n) is 8.72. The molecule has 0 spiro atoms. The first-order valence-corrected chi connectivity index (χ1v) is 11.7. The van der Waals surface area contributed by atoms with E-state index in [4.69, 9.17) is 4.74 Å². The molecule has 1 aliphatic rings. The molecule has 186 valence electrons. The van der Waals surface area contributed by atoms with E-state index in [0.29, 0.717) is 19.0 Å². The molecule has 3 rings (SSSR count). The summed E-state index contributed by atoms with van der Waals surface area (Å²) in [5.74, 6) is -1.55. The molecule has 1 atom stereocenters. The summed E-state index contributed by atoms with van der Waals surface area (Å²) in [7, 11) is -3.37. The van der Waals surface area contributed by atoms with Crippen molar-refractivity contribution < 1.29 is 41.3 Å². The number of nitrogens with one attached hydrogen (secondary N) is 1. The molecule has 0 bridgehead atoms. The van der Waals surface area contributed by atoms with Gasteiger partial charge in [0.15, 0.2) is 0 Å². The largest absolute Gasteiger partial charge is 0.495 e. The lowest BCUT2D eigenvalue weighted by Gasteiger charge is -2.43. The van der Waals surface area contributed by atoms with Gasteiger partial charge in [0, 0.05) is 18.5 Å². The van der Waals surface area contributed by atoms with E-state index in [1.54, 1.807) is 18.7 Å². The summed E-state index contributed by atoms with van der Waals surface area (Å²) >= 11 is 0. The number of hydrogen-bond acceptors (Lipinski definition) is 6. The third kappa shape index (κ3) is 5.22. The number of rotatable bonds is 6.